The minimum atomic E-state index is -0.142. The lowest BCUT2D eigenvalue weighted by molar-refractivity contribution is 0.0320. The van der Waals surface area contributed by atoms with Gasteiger partial charge < -0.3 is 10.0 Å². The lowest BCUT2D eigenvalue weighted by atomic mass is 9.84. The van der Waals surface area contributed by atoms with Gasteiger partial charge in [0.05, 0.1) is 12.3 Å². The molecule has 0 radical (unpaired) electrons. The molecule has 1 aromatic heterocycles. The van der Waals surface area contributed by atoms with E-state index in [2.05, 4.69) is 17.0 Å². The van der Waals surface area contributed by atoms with Gasteiger partial charge in [-0.15, -0.1) is 0 Å². The number of rotatable bonds is 4. The van der Waals surface area contributed by atoms with Gasteiger partial charge in [0, 0.05) is 25.3 Å². The van der Waals surface area contributed by atoms with Crippen molar-refractivity contribution in [2.45, 2.75) is 56.7 Å². The van der Waals surface area contributed by atoms with Crippen LogP contribution in [0.15, 0.2) is 12.4 Å². The number of aryl methyl sites for hydroxylation is 2. The highest BCUT2D eigenvalue weighted by Crippen LogP contribution is 2.39. The first-order chi connectivity index (χ1) is 9.13. The lowest BCUT2D eigenvalue weighted by Crippen LogP contribution is -2.43. The van der Waals surface area contributed by atoms with Crippen LogP contribution in [0.2, 0.25) is 0 Å². The smallest absolute Gasteiger partial charge is 0.0572 e. The molecule has 2 fully saturated rings. The van der Waals surface area contributed by atoms with Crippen LogP contribution in [0.25, 0.3) is 0 Å². The normalized spacial score (nSPS) is 32.7. The Bertz CT molecular complexity index is 417. The van der Waals surface area contributed by atoms with Gasteiger partial charge in [-0.3, -0.25) is 4.68 Å². The van der Waals surface area contributed by atoms with Gasteiger partial charge in [-0.25, -0.2) is 0 Å². The van der Waals surface area contributed by atoms with E-state index in [1.165, 1.54) is 31.2 Å². The number of aliphatic hydroxyl groups excluding tert-OH is 1. The van der Waals surface area contributed by atoms with E-state index < -0.39 is 0 Å². The van der Waals surface area contributed by atoms with Crippen molar-refractivity contribution in [2.24, 2.45) is 13.0 Å². The van der Waals surface area contributed by atoms with E-state index in [0.717, 1.165) is 24.9 Å². The Balaban J connectivity index is 1.52. The molecule has 2 aliphatic rings. The van der Waals surface area contributed by atoms with Crippen molar-refractivity contribution in [1.29, 1.82) is 0 Å². The number of nitrogens with zero attached hydrogens (tertiary/aromatic N) is 3. The van der Waals surface area contributed by atoms with Crippen LogP contribution in [0.1, 0.15) is 37.7 Å². The number of hydrogen-bond acceptors (Lipinski definition) is 3. The molecule has 4 heteroatoms. The van der Waals surface area contributed by atoms with E-state index in [1.54, 1.807) is 0 Å². The highest BCUT2D eigenvalue weighted by Gasteiger charge is 2.40. The Kier molecular flexibility index (Phi) is 3.63. The average molecular weight is 263 g/mol. The summed E-state index contributed by atoms with van der Waals surface area (Å²) in [6, 6.07) is 1.44. The molecule has 1 aromatic rings. The van der Waals surface area contributed by atoms with Crippen molar-refractivity contribution < 1.29 is 5.11 Å². The first-order valence-corrected chi connectivity index (χ1v) is 7.51. The van der Waals surface area contributed by atoms with Crippen LogP contribution < -0.4 is 0 Å². The Morgan fingerprint density at radius 1 is 1.32 bits per heavy atom. The molecule has 0 aliphatic carbocycles. The van der Waals surface area contributed by atoms with Crippen LogP contribution in [0.4, 0.5) is 0 Å². The molecule has 106 valence electrons. The third kappa shape index (κ3) is 2.70. The number of aliphatic hydroxyl groups is 1. The maximum Gasteiger partial charge on any atom is 0.0572 e. The Labute approximate surface area is 115 Å². The molecule has 0 spiro atoms. The molecule has 3 rings (SSSR count). The first-order valence-electron chi connectivity index (χ1n) is 7.51. The summed E-state index contributed by atoms with van der Waals surface area (Å²) in [5, 5.41) is 14.6. The van der Waals surface area contributed by atoms with E-state index in [9.17, 15) is 5.11 Å². The summed E-state index contributed by atoms with van der Waals surface area (Å²) in [5.41, 5.74) is 1.23. The molecule has 0 saturated carbocycles. The number of fused-ring (bicyclic) bond motifs is 2. The second-order valence-corrected chi connectivity index (χ2v) is 6.41. The summed E-state index contributed by atoms with van der Waals surface area (Å²) in [6.07, 6.45) is 10.6. The van der Waals surface area contributed by atoms with Crippen molar-refractivity contribution >= 4 is 0 Å². The fraction of sp³-hybridized carbons (Fsp3) is 0.800. The van der Waals surface area contributed by atoms with Crippen molar-refractivity contribution in [3.8, 4) is 0 Å². The second kappa shape index (κ2) is 5.25. The van der Waals surface area contributed by atoms with E-state index in [0.29, 0.717) is 5.92 Å². The molecule has 3 heterocycles. The summed E-state index contributed by atoms with van der Waals surface area (Å²) in [6.45, 7) is 0. The molecule has 4 nitrogen and oxygen atoms in total. The van der Waals surface area contributed by atoms with Crippen LogP contribution in [0, 0.1) is 5.92 Å². The van der Waals surface area contributed by atoms with E-state index in [1.807, 2.05) is 24.1 Å². The summed E-state index contributed by atoms with van der Waals surface area (Å²) in [7, 11) is 4.19. The first kappa shape index (κ1) is 13.1. The van der Waals surface area contributed by atoms with Gasteiger partial charge in [0.2, 0.25) is 0 Å². The molecular weight excluding hydrogens is 238 g/mol. The predicted molar refractivity (Wildman–Crippen MR) is 74.8 cm³/mol. The van der Waals surface area contributed by atoms with Gasteiger partial charge in [-0.1, -0.05) is 0 Å². The monoisotopic (exact) mass is 263 g/mol. The van der Waals surface area contributed by atoms with Crippen molar-refractivity contribution in [1.82, 2.24) is 14.7 Å². The summed E-state index contributed by atoms with van der Waals surface area (Å²) < 4.78 is 1.83. The van der Waals surface area contributed by atoms with Gasteiger partial charge >= 0.3 is 0 Å². The molecule has 3 atom stereocenters. The number of aromatic nitrogens is 2. The predicted octanol–water partition coefficient (Wildman–Crippen LogP) is 1.59. The molecule has 0 amide bonds. The van der Waals surface area contributed by atoms with E-state index in [-0.39, 0.29) is 6.10 Å². The highest BCUT2D eigenvalue weighted by atomic mass is 16.3. The fourth-order valence-electron chi connectivity index (χ4n) is 3.92. The maximum absolute atomic E-state index is 10.4. The van der Waals surface area contributed by atoms with Gasteiger partial charge in [0.1, 0.15) is 0 Å². The second-order valence-electron chi connectivity index (χ2n) is 6.41. The maximum atomic E-state index is 10.4. The van der Waals surface area contributed by atoms with E-state index in [4.69, 9.17) is 0 Å². The van der Waals surface area contributed by atoms with E-state index >= 15 is 0 Å². The Hall–Kier alpha value is -0.870. The van der Waals surface area contributed by atoms with Crippen LogP contribution in [0.5, 0.6) is 0 Å². The fourth-order valence-corrected chi connectivity index (χ4v) is 3.92. The van der Waals surface area contributed by atoms with Gasteiger partial charge in [0.15, 0.2) is 0 Å². The average Bonchev–Trinajstić information content (AvgIpc) is 2.86. The third-order valence-electron chi connectivity index (χ3n) is 5.17. The van der Waals surface area contributed by atoms with Crippen molar-refractivity contribution in [3.63, 3.8) is 0 Å². The minimum Gasteiger partial charge on any atom is -0.393 e. The minimum absolute atomic E-state index is 0.142. The standard InChI is InChI=1S/C15H25N3O/c1-17-10-11(9-16-17)3-6-15(19)12-7-13-4-5-14(8-12)18(13)2/h9-10,12-15,19H,3-8H2,1-2H3. The molecule has 2 bridgehead atoms. The van der Waals surface area contributed by atoms with Crippen LogP contribution in [-0.4, -0.2) is 45.0 Å². The lowest BCUT2D eigenvalue weighted by Gasteiger charge is -2.38. The van der Waals surface area contributed by atoms with Crippen LogP contribution >= 0.6 is 0 Å². The SMILES string of the molecule is CN1C2CCC1CC(C(O)CCc1cnn(C)c1)C2. The summed E-state index contributed by atoms with van der Waals surface area (Å²) in [4.78, 5) is 2.53. The van der Waals surface area contributed by atoms with Crippen LogP contribution in [-0.2, 0) is 13.5 Å². The molecule has 2 saturated heterocycles. The third-order valence-corrected chi connectivity index (χ3v) is 5.17. The Morgan fingerprint density at radius 3 is 2.58 bits per heavy atom. The topological polar surface area (TPSA) is 41.3 Å². The molecule has 19 heavy (non-hydrogen) atoms. The quantitative estimate of drug-likeness (QED) is 0.897. The number of piperidine rings is 1. The number of hydrogen-bond donors (Lipinski definition) is 1. The summed E-state index contributed by atoms with van der Waals surface area (Å²) in [5.74, 6) is 0.505. The highest BCUT2D eigenvalue weighted by molar-refractivity contribution is 5.04. The largest absolute Gasteiger partial charge is 0.393 e. The zero-order valence-electron chi connectivity index (χ0n) is 12.0. The zero-order chi connectivity index (χ0) is 13.4. The molecule has 1 N–H and O–H groups in total. The van der Waals surface area contributed by atoms with Crippen molar-refractivity contribution in [3.05, 3.63) is 18.0 Å². The zero-order valence-corrected chi connectivity index (χ0v) is 12.0. The van der Waals surface area contributed by atoms with Crippen LogP contribution in [0.3, 0.4) is 0 Å². The molecular formula is C15H25N3O. The molecule has 3 unspecified atom stereocenters. The Morgan fingerprint density at radius 2 is 2.00 bits per heavy atom. The van der Waals surface area contributed by atoms with Gasteiger partial charge in [0.25, 0.3) is 0 Å². The summed E-state index contributed by atoms with van der Waals surface area (Å²) >= 11 is 0. The van der Waals surface area contributed by atoms with Crippen molar-refractivity contribution in [2.75, 3.05) is 7.05 Å². The van der Waals surface area contributed by atoms with Gasteiger partial charge in [-0.05, 0) is 57.1 Å². The molecule has 2 aliphatic heterocycles. The van der Waals surface area contributed by atoms with Gasteiger partial charge in [-0.2, -0.15) is 5.10 Å². The molecule has 0 aromatic carbocycles.